The Balaban J connectivity index is 1.37. The number of hydrogen-bond acceptors (Lipinski definition) is 6. The zero-order valence-electron chi connectivity index (χ0n) is 20.9. The van der Waals surface area contributed by atoms with E-state index < -0.39 is 23.3 Å². The summed E-state index contributed by atoms with van der Waals surface area (Å²) in [4.78, 5) is 24.5. The predicted octanol–water partition coefficient (Wildman–Crippen LogP) is 6.10. The van der Waals surface area contributed by atoms with Crippen LogP contribution < -0.4 is 5.32 Å². The van der Waals surface area contributed by atoms with Gasteiger partial charge in [-0.2, -0.15) is 13.2 Å². The van der Waals surface area contributed by atoms with Crippen molar-refractivity contribution in [1.29, 1.82) is 0 Å². The van der Waals surface area contributed by atoms with Crippen molar-refractivity contribution in [2.75, 3.05) is 5.32 Å². The van der Waals surface area contributed by atoms with Gasteiger partial charge in [0.05, 0.1) is 22.9 Å². The normalized spacial score (nSPS) is 21.5. The first kappa shape index (κ1) is 26.1. The average molecular weight is 527 g/mol. The average Bonchev–Trinajstić information content (AvgIpc) is 3.74. The molecule has 2 aliphatic carbocycles. The number of hydrogen-bond donors (Lipinski definition) is 3. The summed E-state index contributed by atoms with van der Waals surface area (Å²) in [7, 11) is 0. The number of halogens is 3. The highest BCUT2D eigenvalue weighted by Crippen LogP contribution is 2.53. The van der Waals surface area contributed by atoms with E-state index >= 15 is 0 Å². The highest BCUT2D eigenvalue weighted by atomic mass is 19.4. The van der Waals surface area contributed by atoms with E-state index in [1.807, 2.05) is 25.1 Å². The van der Waals surface area contributed by atoms with Gasteiger partial charge in [0.2, 0.25) is 0 Å². The number of aryl methyl sites for hydroxylation is 1. The van der Waals surface area contributed by atoms with Gasteiger partial charge in [-0.25, -0.2) is 9.97 Å². The summed E-state index contributed by atoms with van der Waals surface area (Å²) in [5.74, 6) is -0.683. The summed E-state index contributed by atoms with van der Waals surface area (Å²) in [6.07, 6.45) is 2.49. The molecule has 3 N–H and O–H groups in total. The Morgan fingerprint density at radius 1 is 0.947 bits per heavy atom. The van der Waals surface area contributed by atoms with Gasteiger partial charge >= 0.3 is 12.1 Å². The van der Waals surface area contributed by atoms with Crippen molar-refractivity contribution in [3.8, 4) is 11.3 Å². The molecule has 5 rings (SSSR count). The summed E-state index contributed by atoms with van der Waals surface area (Å²) < 4.78 is 39.2. The van der Waals surface area contributed by atoms with E-state index in [1.165, 1.54) is 0 Å². The van der Waals surface area contributed by atoms with Crippen LogP contribution in [0.5, 0.6) is 0 Å². The van der Waals surface area contributed by atoms with Crippen LogP contribution >= 0.6 is 0 Å². The number of carboxylic acids is 1. The fourth-order valence-corrected chi connectivity index (χ4v) is 5.52. The van der Waals surface area contributed by atoms with Crippen molar-refractivity contribution in [3.63, 3.8) is 0 Å². The van der Waals surface area contributed by atoms with E-state index in [4.69, 9.17) is 0 Å². The molecule has 1 unspecified atom stereocenters. The van der Waals surface area contributed by atoms with E-state index in [1.54, 1.807) is 12.3 Å². The van der Waals surface area contributed by atoms with Crippen LogP contribution in [0.1, 0.15) is 55.3 Å². The quantitative estimate of drug-likeness (QED) is 0.341. The zero-order valence-corrected chi connectivity index (χ0v) is 20.9. The third-order valence-corrected chi connectivity index (χ3v) is 7.68. The van der Waals surface area contributed by atoms with Crippen LogP contribution in [0.4, 0.5) is 24.8 Å². The van der Waals surface area contributed by atoms with E-state index in [0.29, 0.717) is 48.5 Å². The molecule has 2 fully saturated rings. The van der Waals surface area contributed by atoms with Crippen LogP contribution in [0.15, 0.2) is 48.8 Å². The highest BCUT2D eigenvalue weighted by Gasteiger charge is 2.52. The van der Waals surface area contributed by atoms with Gasteiger partial charge in [0.1, 0.15) is 17.2 Å². The lowest BCUT2D eigenvalue weighted by atomic mass is 9.70. The number of nitrogens with zero attached hydrogens (tertiary/aromatic N) is 3. The number of nitrogens with one attached hydrogen (secondary N) is 1. The lowest BCUT2D eigenvalue weighted by Gasteiger charge is -2.39. The Morgan fingerprint density at radius 3 is 2.21 bits per heavy atom. The Hall–Kier alpha value is -3.53. The Morgan fingerprint density at radius 2 is 1.63 bits per heavy atom. The third-order valence-electron chi connectivity index (χ3n) is 7.68. The van der Waals surface area contributed by atoms with Crippen molar-refractivity contribution < 1.29 is 28.2 Å². The maximum absolute atomic E-state index is 13.1. The first-order valence-corrected chi connectivity index (χ1v) is 12.7. The molecule has 2 saturated carbocycles. The maximum Gasteiger partial charge on any atom is 0.416 e. The van der Waals surface area contributed by atoms with Gasteiger partial charge in [-0.15, -0.1) is 0 Å². The SMILES string of the molecule is Cc1cc(Nc2cc(C(F)(F)F)ccn2)nc(-c2ccc(C(O)(C3CC3)[C@H]3CC[C@H](C(=O)O)CC3)nc2)c1. The molecule has 0 bridgehead atoms. The molecule has 10 heteroatoms. The topological polar surface area (TPSA) is 108 Å². The number of pyridine rings is 3. The number of alkyl halides is 3. The lowest BCUT2D eigenvalue weighted by Crippen LogP contribution is -2.41. The zero-order chi connectivity index (χ0) is 27.1. The molecule has 0 radical (unpaired) electrons. The number of aliphatic hydroxyl groups is 1. The molecule has 200 valence electrons. The number of carbonyl (C=O) groups is 1. The van der Waals surface area contributed by atoms with Gasteiger partial charge in [0.15, 0.2) is 0 Å². The van der Waals surface area contributed by atoms with E-state index in [0.717, 1.165) is 36.7 Å². The highest BCUT2D eigenvalue weighted by molar-refractivity contribution is 5.70. The smallest absolute Gasteiger partial charge is 0.416 e. The Kier molecular flexibility index (Phi) is 6.85. The molecule has 1 atom stereocenters. The minimum Gasteiger partial charge on any atom is -0.481 e. The van der Waals surface area contributed by atoms with Gasteiger partial charge in [-0.1, -0.05) is 0 Å². The molecule has 3 aromatic heterocycles. The summed E-state index contributed by atoms with van der Waals surface area (Å²) in [5.41, 5.74) is 0.812. The summed E-state index contributed by atoms with van der Waals surface area (Å²) in [6, 6.07) is 9.06. The molecule has 3 heterocycles. The first-order valence-electron chi connectivity index (χ1n) is 12.7. The monoisotopic (exact) mass is 526 g/mol. The standard InChI is InChI=1S/C28H29F3N4O3/c1-16-12-22(34-25(13-16)35-24-14-21(10-11-32-24)28(29,30)31)18-4-9-23(33-15-18)27(38,20-7-8-20)19-5-2-17(3-6-19)26(36)37/h4,9-15,17,19-20,38H,2-3,5-8H2,1H3,(H,36,37)(H,32,34,35)/t17-,19-,27?. The van der Waals surface area contributed by atoms with Crippen LogP contribution in [0.25, 0.3) is 11.3 Å². The predicted molar refractivity (Wildman–Crippen MR) is 134 cm³/mol. The third kappa shape index (κ3) is 5.36. The molecule has 0 aromatic carbocycles. The van der Waals surface area contributed by atoms with Crippen molar-refractivity contribution in [2.24, 2.45) is 17.8 Å². The Bertz CT molecular complexity index is 1320. The number of aliphatic carboxylic acids is 1. The van der Waals surface area contributed by atoms with Crippen LogP contribution in [-0.4, -0.2) is 31.1 Å². The molecule has 0 spiro atoms. The second-order valence-corrected chi connectivity index (χ2v) is 10.4. The van der Waals surface area contributed by atoms with Gasteiger partial charge in [-0.3, -0.25) is 9.78 Å². The van der Waals surface area contributed by atoms with Gasteiger partial charge in [-0.05, 0) is 99.2 Å². The molecule has 0 aliphatic heterocycles. The molecular formula is C28H29F3N4O3. The molecular weight excluding hydrogens is 497 g/mol. The van der Waals surface area contributed by atoms with Gasteiger partial charge < -0.3 is 15.5 Å². The Labute approximate surface area is 218 Å². The molecule has 7 nitrogen and oxygen atoms in total. The van der Waals surface area contributed by atoms with Crippen LogP contribution in [0.3, 0.4) is 0 Å². The number of carboxylic acid groups (broad SMARTS) is 1. The molecule has 3 aromatic rings. The van der Waals surface area contributed by atoms with Gasteiger partial charge in [0.25, 0.3) is 0 Å². The second kappa shape index (κ2) is 9.98. The molecule has 2 aliphatic rings. The van der Waals surface area contributed by atoms with Crippen molar-refractivity contribution >= 4 is 17.6 Å². The second-order valence-electron chi connectivity index (χ2n) is 10.4. The van der Waals surface area contributed by atoms with Crippen LogP contribution in [0, 0.1) is 24.7 Å². The van der Waals surface area contributed by atoms with Crippen molar-refractivity contribution in [1.82, 2.24) is 15.0 Å². The van der Waals surface area contributed by atoms with Gasteiger partial charge in [0, 0.05) is 18.0 Å². The molecule has 0 saturated heterocycles. The van der Waals surface area contributed by atoms with Crippen molar-refractivity contribution in [3.05, 3.63) is 65.6 Å². The fraction of sp³-hybridized carbons (Fsp3) is 0.429. The van der Waals surface area contributed by atoms with Crippen LogP contribution in [-0.2, 0) is 16.6 Å². The lowest BCUT2D eigenvalue weighted by molar-refractivity contribution is -0.145. The van der Waals surface area contributed by atoms with E-state index in [2.05, 4.69) is 20.3 Å². The van der Waals surface area contributed by atoms with Crippen molar-refractivity contribution in [2.45, 2.75) is 57.2 Å². The summed E-state index contributed by atoms with van der Waals surface area (Å²) >= 11 is 0. The number of rotatable bonds is 7. The van der Waals surface area contributed by atoms with Crippen LogP contribution in [0.2, 0.25) is 0 Å². The van der Waals surface area contributed by atoms with E-state index in [-0.39, 0.29) is 23.6 Å². The largest absolute Gasteiger partial charge is 0.481 e. The summed E-state index contributed by atoms with van der Waals surface area (Å²) in [5, 5.41) is 24.0. The van der Waals surface area contributed by atoms with E-state index in [9.17, 15) is 28.2 Å². The maximum atomic E-state index is 13.1. The number of aromatic nitrogens is 3. The minimum absolute atomic E-state index is 0.0319. The minimum atomic E-state index is -4.48. The molecule has 0 amide bonds. The number of anilines is 2. The molecule has 38 heavy (non-hydrogen) atoms. The first-order chi connectivity index (χ1) is 18.0. The fourth-order valence-electron chi connectivity index (χ4n) is 5.52. The summed E-state index contributed by atoms with van der Waals surface area (Å²) in [6.45, 7) is 1.86.